The summed E-state index contributed by atoms with van der Waals surface area (Å²) in [5.74, 6) is 0.0761. The first kappa shape index (κ1) is 6.01. The molecule has 1 aromatic rings. The van der Waals surface area contributed by atoms with Gasteiger partial charge in [0, 0.05) is 6.07 Å². The quantitative estimate of drug-likeness (QED) is 0.566. The van der Waals surface area contributed by atoms with Crippen molar-refractivity contribution < 1.29 is 9.13 Å². The summed E-state index contributed by atoms with van der Waals surface area (Å²) >= 11 is 0. The molecule has 0 aliphatic carbocycles. The van der Waals surface area contributed by atoms with Crippen LogP contribution in [0.2, 0.25) is 0 Å². The van der Waals surface area contributed by atoms with Gasteiger partial charge < -0.3 is 4.74 Å². The van der Waals surface area contributed by atoms with E-state index in [9.17, 15) is 4.39 Å². The van der Waals surface area contributed by atoms with E-state index >= 15 is 0 Å². The summed E-state index contributed by atoms with van der Waals surface area (Å²) in [4.78, 5) is 3.60. The summed E-state index contributed by atoms with van der Waals surface area (Å²) in [6.45, 7) is 0. The molecule has 0 saturated carbocycles. The molecule has 0 atom stereocenters. The van der Waals surface area contributed by atoms with Crippen LogP contribution >= 0.6 is 0 Å². The van der Waals surface area contributed by atoms with E-state index in [0.717, 1.165) is 6.20 Å². The van der Waals surface area contributed by atoms with Gasteiger partial charge in [-0.05, 0) is 6.07 Å². The highest BCUT2D eigenvalue weighted by Gasteiger charge is 1.90. The molecule has 9 heavy (non-hydrogen) atoms. The lowest BCUT2D eigenvalue weighted by Crippen LogP contribution is -1.86. The van der Waals surface area contributed by atoms with Gasteiger partial charge in [0.05, 0.1) is 13.3 Å². The molecule has 48 valence electrons. The van der Waals surface area contributed by atoms with Gasteiger partial charge in [-0.25, -0.2) is 9.37 Å². The molecule has 0 radical (unpaired) electrons. The second kappa shape index (κ2) is 2.44. The van der Waals surface area contributed by atoms with Gasteiger partial charge in [0.25, 0.3) is 0 Å². The fourth-order valence-electron chi connectivity index (χ4n) is 0.483. The van der Waals surface area contributed by atoms with Crippen LogP contribution in [0.25, 0.3) is 0 Å². The number of ether oxygens (including phenoxy) is 1. The first-order valence-electron chi connectivity index (χ1n) is 2.48. The molecule has 1 rings (SSSR count). The fraction of sp³-hybridized carbons (Fsp3) is 0.167. The highest BCUT2D eigenvalue weighted by Crippen LogP contribution is 2.03. The molecule has 0 amide bonds. The van der Waals surface area contributed by atoms with Crippen molar-refractivity contribution in [1.29, 1.82) is 0 Å². The van der Waals surface area contributed by atoms with Gasteiger partial charge in [-0.3, -0.25) is 0 Å². The number of nitrogens with zero attached hydrogens (tertiary/aromatic N) is 1. The second-order valence-corrected chi connectivity index (χ2v) is 1.52. The van der Waals surface area contributed by atoms with Crippen LogP contribution in [0.3, 0.4) is 0 Å². The average molecular weight is 127 g/mol. The van der Waals surface area contributed by atoms with Crippen molar-refractivity contribution in [2.24, 2.45) is 0 Å². The van der Waals surface area contributed by atoms with Gasteiger partial charge >= 0.3 is 0 Å². The van der Waals surface area contributed by atoms with Crippen LogP contribution in [0, 0.1) is 5.82 Å². The molecule has 0 spiro atoms. The molecule has 0 N–H and O–H groups in total. The lowest BCUT2D eigenvalue weighted by atomic mass is 10.5. The number of hydrogen-bond acceptors (Lipinski definition) is 2. The van der Waals surface area contributed by atoms with Gasteiger partial charge in [-0.2, -0.15) is 0 Å². The third-order valence-electron chi connectivity index (χ3n) is 0.909. The lowest BCUT2D eigenvalue weighted by Gasteiger charge is -1.94. The normalized spacial score (nSPS) is 9.11. The summed E-state index contributed by atoms with van der Waals surface area (Å²) in [6.07, 6.45) is 1.11. The molecule has 1 aromatic heterocycles. The largest absolute Gasteiger partial charge is 0.481 e. The van der Waals surface area contributed by atoms with Crippen LogP contribution < -0.4 is 4.74 Å². The van der Waals surface area contributed by atoms with Gasteiger partial charge in [0.15, 0.2) is 0 Å². The van der Waals surface area contributed by atoms with Crippen molar-refractivity contribution in [3.8, 4) is 5.88 Å². The van der Waals surface area contributed by atoms with Crippen molar-refractivity contribution >= 4 is 0 Å². The van der Waals surface area contributed by atoms with Crippen LogP contribution in [0.5, 0.6) is 5.88 Å². The van der Waals surface area contributed by atoms with Crippen molar-refractivity contribution in [3.05, 3.63) is 24.1 Å². The first-order valence-corrected chi connectivity index (χ1v) is 2.48. The van der Waals surface area contributed by atoms with Gasteiger partial charge in [0.1, 0.15) is 5.82 Å². The van der Waals surface area contributed by atoms with Crippen LogP contribution in [-0.2, 0) is 0 Å². The molecule has 0 aliphatic rings. The van der Waals surface area contributed by atoms with Crippen LogP contribution in [-0.4, -0.2) is 12.1 Å². The molecule has 0 saturated heterocycles. The van der Waals surface area contributed by atoms with Gasteiger partial charge in [-0.15, -0.1) is 0 Å². The van der Waals surface area contributed by atoms with Crippen molar-refractivity contribution in [3.63, 3.8) is 0 Å². The van der Waals surface area contributed by atoms with Gasteiger partial charge in [-0.1, -0.05) is 0 Å². The number of rotatable bonds is 1. The third kappa shape index (κ3) is 1.38. The lowest BCUT2D eigenvalue weighted by molar-refractivity contribution is 0.396. The van der Waals surface area contributed by atoms with Crippen LogP contribution in [0.1, 0.15) is 0 Å². The summed E-state index contributed by atoms with van der Waals surface area (Å²) in [5, 5.41) is 0. The molecule has 0 fully saturated rings. The Bertz CT molecular complexity index is 185. The Labute approximate surface area is 52.3 Å². The number of hydrogen-bond donors (Lipinski definition) is 0. The molecular weight excluding hydrogens is 121 g/mol. The summed E-state index contributed by atoms with van der Waals surface area (Å²) in [6, 6.07) is 2.77. The molecule has 1 heterocycles. The zero-order valence-corrected chi connectivity index (χ0v) is 4.97. The minimum Gasteiger partial charge on any atom is -0.481 e. The predicted octanol–water partition coefficient (Wildman–Crippen LogP) is 1.23. The summed E-state index contributed by atoms with van der Waals surface area (Å²) in [7, 11) is 1.49. The molecule has 3 heteroatoms. The van der Waals surface area contributed by atoms with E-state index in [1.54, 1.807) is 0 Å². The maximum atomic E-state index is 12.1. The Hall–Kier alpha value is -1.12. The van der Waals surface area contributed by atoms with E-state index in [4.69, 9.17) is 4.74 Å². The summed E-state index contributed by atoms with van der Waals surface area (Å²) in [5.41, 5.74) is 0. The number of pyridine rings is 1. The van der Waals surface area contributed by atoms with E-state index in [1.165, 1.54) is 19.2 Å². The molecule has 0 unspecified atom stereocenters. The minimum absolute atomic E-state index is 0.351. The zero-order valence-electron chi connectivity index (χ0n) is 4.97. The fourth-order valence-corrected chi connectivity index (χ4v) is 0.483. The number of aromatic nitrogens is 1. The maximum absolute atomic E-state index is 12.1. The van der Waals surface area contributed by atoms with E-state index in [0.29, 0.717) is 5.88 Å². The monoisotopic (exact) mass is 127 g/mol. The van der Waals surface area contributed by atoms with Crippen LogP contribution in [0.15, 0.2) is 18.3 Å². The zero-order chi connectivity index (χ0) is 6.69. The third-order valence-corrected chi connectivity index (χ3v) is 0.909. The topological polar surface area (TPSA) is 22.1 Å². The highest BCUT2D eigenvalue weighted by molar-refractivity contribution is 5.09. The van der Waals surface area contributed by atoms with E-state index in [-0.39, 0.29) is 5.82 Å². The van der Waals surface area contributed by atoms with Crippen molar-refractivity contribution in [2.75, 3.05) is 7.11 Å². The van der Waals surface area contributed by atoms with Crippen molar-refractivity contribution in [1.82, 2.24) is 4.98 Å². The standard InChI is InChI=1S/C6H6FNO/c1-9-6-3-2-5(7)4-8-6/h2-4H,1H3. The first-order chi connectivity index (χ1) is 4.33. The minimum atomic E-state index is -0.351. The molecule has 0 aromatic carbocycles. The smallest absolute Gasteiger partial charge is 0.213 e. The molecular formula is C6H6FNO. The number of halogens is 1. The Morgan fingerprint density at radius 2 is 2.33 bits per heavy atom. The number of methoxy groups -OCH3 is 1. The van der Waals surface area contributed by atoms with Crippen LogP contribution in [0.4, 0.5) is 4.39 Å². The van der Waals surface area contributed by atoms with Crippen molar-refractivity contribution in [2.45, 2.75) is 0 Å². The van der Waals surface area contributed by atoms with E-state index < -0.39 is 0 Å². The maximum Gasteiger partial charge on any atom is 0.213 e. The summed E-state index contributed by atoms with van der Waals surface area (Å²) < 4.78 is 16.8. The SMILES string of the molecule is COc1ccc(F)cn1. The predicted molar refractivity (Wildman–Crippen MR) is 30.7 cm³/mol. The van der Waals surface area contributed by atoms with Gasteiger partial charge in [0.2, 0.25) is 5.88 Å². The highest BCUT2D eigenvalue weighted by atomic mass is 19.1. The Morgan fingerprint density at radius 1 is 1.56 bits per heavy atom. The molecule has 2 nitrogen and oxygen atoms in total. The average Bonchev–Trinajstić information content (AvgIpc) is 1.90. The second-order valence-electron chi connectivity index (χ2n) is 1.52. The Morgan fingerprint density at radius 3 is 2.78 bits per heavy atom. The molecule has 0 aliphatic heterocycles. The Balaban J connectivity index is 2.88. The van der Waals surface area contributed by atoms with E-state index in [2.05, 4.69) is 4.98 Å². The Kier molecular flexibility index (Phi) is 1.63. The van der Waals surface area contributed by atoms with E-state index in [1.807, 2.05) is 0 Å². The molecule has 0 bridgehead atoms.